The second kappa shape index (κ2) is 59.1. The number of rotatable bonds is 51. The van der Waals surface area contributed by atoms with Gasteiger partial charge in [0.05, 0.1) is 6.54 Å². The Morgan fingerprint density at radius 3 is 0.689 bits per heavy atom. The van der Waals surface area contributed by atoms with Crippen molar-refractivity contribution in [3.05, 3.63) is 0 Å². The van der Waals surface area contributed by atoms with Gasteiger partial charge < -0.3 is 4.90 Å². The minimum Gasteiger partial charge on any atom is -0.329 e. The fourth-order valence-electron chi connectivity index (χ4n) is 8.77. The Hall–Kier alpha value is -0.860. The summed E-state index contributed by atoms with van der Waals surface area (Å²) in [7, 11) is 0. The number of isocyanates is 1. The summed E-state index contributed by atoms with van der Waals surface area (Å²) in [5.74, 6) is 0. The second-order valence-corrected chi connectivity index (χ2v) is 19.4. The smallest absolute Gasteiger partial charge is 0.316 e. The van der Waals surface area contributed by atoms with Gasteiger partial charge in [-0.3, -0.25) is 4.79 Å². The number of aliphatic imine (C=N–C) groups is 1. The molecule has 4 nitrogen and oxygen atoms in total. The maximum absolute atomic E-state index is 11.8. The number of unbranched alkanes of at least 4 members (excludes halogenated alkanes) is 45. The van der Waals surface area contributed by atoms with E-state index in [1.807, 2.05) is 4.90 Å². The van der Waals surface area contributed by atoms with Crippen LogP contribution in [0.25, 0.3) is 0 Å². The summed E-state index contributed by atoms with van der Waals surface area (Å²) in [6.07, 6.45) is 67.8. The highest BCUT2D eigenvalue weighted by atomic mass is 35.5. The van der Waals surface area contributed by atoms with Crippen molar-refractivity contribution in [2.45, 2.75) is 329 Å². The Morgan fingerprint density at radius 1 is 0.328 bits per heavy atom. The lowest BCUT2D eigenvalue weighted by Gasteiger charge is -2.19. The van der Waals surface area contributed by atoms with E-state index in [0.29, 0.717) is 6.54 Å². The molecule has 0 aliphatic rings. The van der Waals surface area contributed by atoms with Crippen molar-refractivity contribution in [1.82, 2.24) is 4.90 Å². The molecule has 0 rings (SSSR count). The third-order valence-corrected chi connectivity index (χ3v) is 13.2. The molecule has 0 spiro atoms. The van der Waals surface area contributed by atoms with Gasteiger partial charge in [-0.25, -0.2) is 9.79 Å². The maximum Gasteiger partial charge on any atom is 0.316 e. The van der Waals surface area contributed by atoms with E-state index in [1.165, 1.54) is 289 Å². The summed E-state index contributed by atoms with van der Waals surface area (Å²) < 4.78 is 0. The van der Waals surface area contributed by atoms with Crippen molar-refractivity contribution < 1.29 is 9.59 Å². The Balaban J connectivity index is 0. The van der Waals surface area contributed by atoms with Crippen LogP contribution in [0.5, 0.6) is 0 Å². The van der Waals surface area contributed by atoms with Gasteiger partial charge in [-0.15, -0.1) is 0 Å². The van der Waals surface area contributed by atoms with Gasteiger partial charge in [-0.2, -0.15) is 0 Å². The van der Waals surface area contributed by atoms with E-state index in [-0.39, 0.29) is 5.37 Å². The topological polar surface area (TPSA) is 49.7 Å². The quantitative estimate of drug-likeness (QED) is 0.0201. The van der Waals surface area contributed by atoms with Crippen LogP contribution in [-0.2, 0) is 4.79 Å². The molecule has 0 aliphatic carbocycles. The van der Waals surface area contributed by atoms with Crippen LogP contribution in [0.15, 0.2) is 4.99 Å². The maximum atomic E-state index is 11.8. The molecule has 0 fully saturated rings. The molecule has 1 amide bonds. The van der Waals surface area contributed by atoms with Gasteiger partial charge in [-0.05, 0) is 30.9 Å². The summed E-state index contributed by atoms with van der Waals surface area (Å²) >= 11 is 5.87. The van der Waals surface area contributed by atoms with Crippen LogP contribution in [-0.4, -0.2) is 36.0 Å². The fourth-order valence-corrected chi connectivity index (χ4v) is 8.94. The summed E-state index contributed by atoms with van der Waals surface area (Å²) in [5.41, 5.74) is 0. The van der Waals surface area contributed by atoms with Gasteiger partial charge in [0.15, 0.2) is 0 Å². The number of halogens is 1. The molecule has 0 saturated carbocycles. The Bertz CT molecular complexity index is 810. The SMILES string of the molecule is CCCCCCCCCCCCCCCCCCN(CCCCCCCCCCCCCCCCCC)C(=O)Cl.CCCCCCCCCCCCCCCCCCN=C=O. The highest BCUT2D eigenvalue weighted by Crippen LogP contribution is 2.17. The van der Waals surface area contributed by atoms with Gasteiger partial charge in [0.1, 0.15) is 0 Å². The van der Waals surface area contributed by atoms with E-state index in [2.05, 4.69) is 25.8 Å². The molecule has 0 aromatic heterocycles. The zero-order valence-corrected chi connectivity index (χ0v) is 42.9. The number of amides is 1. The van der Waals surface area contributed by atoms with Crippen LogP contribution in [0.4, 0.5) is 4.79 Å². The molecule has 5 heteroatoms. The lowest BCUT2D eigenvalue weighted by atomic mass is 10.0. The average molecular weight is 880 g/mol. The molecule has 0 radical (unpaired) electrons. The number of hydrogen-bond donors (Lipinski definition) is 0. The molecule has 0 heterocycles. The third kappa shape index (κ3) is 59.1. The first-order chi connectivity index (χ1) is 30.1. The number of carbonyl (C=O) groups excluding carboxylic acids is 2. The van der Waals surface area contributed by atoms with Gasteiger partial charge in [0.25, 0.3) is 0 Å². The van der Waals surface area contributed by atoms with Crippen LogP contribution >= 0.6 is 11.6 Å². The van der Waals surface area contributed by atoms with Crippen molar-refractivity contribution in [3.63, 3.8) is 0 Å². The summed E-state index contributed by atoms with van der Waals surface area (Å²) in [5, 5.41) is -0.248. The molecule has 364 valence electrons. The highest BCUT2D eigenvalue weighted by Gasteiger charge is 2.09. The zero-order chi connectivity index (χ0) is 44.6. The Kier molecular flexibility index (Phi) is 60.3. The number of carbonyl (C=O) groups is 1. The van der Waals surface area contributed by atoms with Gasteiger partial charge in [-0.1, -0.05) is 310 Å². The standard InChI is InChI=1S/C37H74ClNO.C19H37NO/c1-3-5-7-9-11-13-15-17-19-21-23-25-27-29-31-33-35-39(37(38)40)36-34-32-30-28-26-24-22-20-18-16-14-12-10-8-6-4-2;1-2-3-4-5-6-7-8-9-10-11-12-13-14-15-16-17-18-20-19-21/h3-36H2,1-2H3;2-18H2,1H3. The number of hydrogen-bond acceptors (Lipinski definition) is 3. The molecule has 0 aromatic rings. The van der Waals surface area contributed by atoms with E-state index in [9.17, 15) is 9.59 Å². The van der Waals surface area contributed by atoms with Gasteiger partial charge in [0, 0.05) is 13.1 Å². The predicted molar refractivity (Wildman–Crippen MR) is 274 cm³/mol. The van der Waals surface area contributed by atoms with Gasteiger partial charge in [0.2, 0.25) is 6.08 Å². The molecule has 0 atom stereocenters. The molecule has 0 bridgehead atoms. The van der Waals surface area contributed by atoms with Gasteiger partial charge >= 0.3 is 5.37 Å². The van der Waals surface area contributed by atoms with Crippen molar-refractivity contribution in [1.29, 1.82) is 0 Å². The van der Waals surface area contributed by atoms with Crippen LogP contribution < -0.4 is 0 Å². The molecule has 0 aromatic carbocycles. The molecule has 61 heavy (non-hydrogen) atoms. The van der Waals surface area contributed by atoms with Crippen LogP contribution in [0, 0.1) is 0 Å². The summed E-state index contributed by atoms with van der Waals surface area (Å²) in [6, 6.07) is 0. The van der Waals surface area contributed by atoms with E-state index >= 15 is 0 Å². The first-order valence-electron chi connectivity index (χ1n) is 28.1. The summed E-state index contributed by atoms with van der Waals surface area (Å²) in [4.78, 5) is 27.1. The van der Waals surface area contributed by atoms with E-state index < -0.39 is 0 Å². The lowest BCUT2D eigenvalue weighted by molar-refractivity contribution is 0.219. The first-order valence-corrected chi connectivity index (χ1v) is 28.5. The van der Waals surface area contributed by atoms with E-state index in [0.717, 1.165) is 32.4 Å². The molecule has 0 N–H and O–H groups in total. The third-order valence-electron chi connectivity index (χ3n) is 13.0. The van der Waals surface area contributed by atoms with Crippen molar-refractivity contribution in [2.24, 2.45) is 4.99 Å². The Morgan fingerprint density at radius 2 is 0.508 bits per heavy atom. The first kappa shape index (κ1) is 62.2. The van der Waals surface area contributed by atoms with Crippen molar-refractivity contribution in [3.8, 4) is 0 Å². The van der Waals surface area contributed by atoms with E-state index in [4.69, 9.17) is 11.6 Å². The molecule has 0 aliphatic heterocycles. The minimum atomic E-state index is -0.248. The largest absolute Gasteiger partial charge is 0.329 e. The van der Waals surface area contributed by atoms with Crippen LogP contribution in [0.3, 0.4) is 0 Å². The minimum absolute atomic E-state index is 0.248. The zero-order valence-electron chi connectivity index (χ0n) is 42.2. The number of nitrogens with zero attached hydrogens (tertiary/aromatic N) is 2. The van der Waals surface area contributed by atoms with Crippen molar-refractivity contribution in [2.75, 3.05) is 19.6 Å². The molecule has 0 saturated heterocycles. The fraction of sp³-hybridized carbons (Fsp3) is 0.964. The second-order valence-electron chi connectivity index (χ2n) is 19.1. The Labute approximate surface area is 389 Å². The van der Waals surface area contributed by atoms with Crippen LogP contribution in [0.2, 0.25) is 0 Å². The van der Waals surface area contributed by atoms with Crippen molar-refractivity contribution >= 4 is 23.0 Å². The van der Waals surface area contributed by atoms with E-state index in [1.54, 1.807) is 6.08 Å². The van der Waals surface area contributed by atoms with Crippen LogP contribution in [0.1, 0.15) is 329 Å². The lowest BCUT2D eigenvalue weighted by Crippen LogP contribution is -2.28. The normalized spacial score (nSPS) is 11.1. The highest BCUT2D eigenvalue weighted by molar-refractivity contribution is 6.62. The summed E-state index contributed by atoms with van der Waals surface area (Å²) in [6.45, 7) is 9.23. The molecular weight excluding hydrogens is 768 g/mol. The monoisotopic (exact) mass is 879 g/mol. The molecular formula is C56H111ClN2O2. The molecule has 0 unspecified atom stereocenters. The predicted octanol–water partition coefficient (Wildman–Crippen LogP) is 20.8. The average Bonchev–Trinajstić information content (AvgIpc) is 3.26.